The topological polar surface area (TPSA) is 66.5 Å². The van der Waals surface area contributed by atoms with Gasteiger partial charge >= 0.3 is 0 Å². The number of benzene rings is 1. The van der Waals surface area contributed by atoms with Gasteiger partial charge in [-0.3, -0.25) is 4.79 Å². The van der Waals surface area contributed by atoms with E-state index in [1.165, 1.54) is 6.42 Å². The molecule has 0 saturated carbocycles. The Balaban J connectivity index is 1.88. The van der Waals surface area contributed by atoms with Gasteiger partial charge in [0.15, 0.2) is 0 Å². The molecule has 0 aromatic heterocycles. The number of aryl methyl sites for hydroxylation is 1. The van der Waals surface area contributed by atoms with Crippen LogP contribution in [0.3, 0.4) is 0 Å². The van der Waals surface area contributed by atoms with Crippen LogP contribution in [0.15, 0.2) is 29.2 Å². The van der Waals surface area contributed by atoms with Gasteiger partial charge in [-0.25, -0.2) is 13.1 Å². The van der Waals surface area contributed by atoms with Gasteiger partial charge in [-0.1, -0.05) is 18.2 Å². The van der Waals surface area contributed by atoms with Crippen molar-refractivity contribution in [2.75, 3.05) is 19.6 Å². The highest BCUT2D eigenvalue weighted by Crippen LogP contribution is 2.14. The molecule has 0 atom stereocenters. The largest absolute Gasteiger partial charge is 0.343 e. The molecule has 1 heterocycles. The molecular weight excluding hydrogens is 288 g/mol. The molecular formula is C15H22N2O3S. The van der Waals surface area contributed by atoms with Gasteiger partial charge < -0.3 is 4.90 Å². The van der Waals surface area contributed by atoms with Gasteiger partial charge in [-0.15, -0.1) is 0 Å². The molecule has 0 bridgehead atoms. The van der Waals surface area contributed by atoms with Gasteiger partial charge in [0.2, 0.25) is 15.9 Å². The summed E-state index contributed by atoms with van der Waals surface area (Å²) >= 11 is 0. The molecule has 0 unspecified atom stereocenters. The third kappa shape index (κ3) is 4.28. The quantitative estimate of drug-likeness (QED) is 0.900. The predicted molar refractivity (Wildman–Crippen MR) is 81.4 cm³/mol. The van der Waals surface area contributed by atoms with Crippen molar-refractivity contribution in [2.45, 2.75) is 37.5 Å². The Labute approximate surface area is 126 Å². The molecule has 116 valence electrons. The normalized spacial score (nSPS) is 16.0. The lowest BCUT2D eigenvalue weighted by Crippen LogP contribution is -2.37. The molecule has 21 heavy (non-hydrogen) atoms. The maximum Gasteiger partial charge on any atom is 0.240 e. The number of nitrogens with one attached hydrogen (secondary N) is 1. The summed E-state index contributed by atoms with van der Waals surface area (Å²) in [5, 5.41) is 0. The van der Waals surface area contributed by atoms with Crippen LogP contribution in [0.2, 0.25) is 0 Å². The number of carbonyl (C=O) groups excluding carboxylic acids is 1. The van der Waals surface area contributed by atoms with E-state index in [4.69, 9.17) is 0 Å². The van der Waals surface area contributed by atoms with Crippen LogP contribution in [-0.2, 0) is 14.8 Å². The second-order valence-electron chi connectivity index (χ2n) is 5.35. The third-order valence-electron chi connectivity index (χ3n) is 3.72. The summed E-state index contributed by atoms with van der Waals surface area (Å²) in [5.41, 5.74) is 0.701. The summed E-state index contributed by atoms with van der Waals surface area (Å²) in [6.07, 6.45) is 3.47. The van der Waals surface area contributed by atoms with Crippen molar-refractivity contribution in [3.05, 3.63) is 29.8 Å². The van der Waals surface area contributed by atoms with Gasteiger partial charge in [-0.2, -0.15) is 0 Å². The standard InChI is InChI=1S/C15H22N2O3S/c1-13-7-3-4-8-14(13)21(19,20)16-10-9-15(18)17-11-5-2-6-12-17/h3-4,7-8,16H,2,5-6,9-12H2,1H3. The maximum atomic E-state index is 12.2. The minimum absolute atomic E-state index is 0.0298. The van der Waals surface area contributed by atoms with E-state index in [-0.39, 0.29) is 23.8 Å². The van der Waals surface area contributed by atoms with Crippen LogP contribution in [0.4, 0.5) is 0 Å². The van der Waals surface area contributed by atoms with Crippen LogP contribution < -0.4 is 4.72 Å². The van der Waals surface area contributed by atoms with Crippen LogP contribution in [0.1, 0.15) is 31.2 Å². The van der Waals surface area contributed by atoms with E-state index in [1.54, 1.807) is 31.2 Å². The van der Waals surface area contributed by atoms with Gasteiger partial charge in [0.25, 0.3) is 0 Å². The maximum absolute atomic E-state index is 12.2. The van der Waals surface area contributed by atoms with Crippen molar-refractivity contribution in [3.63, 3.8) is 0 Å². The Morgan fingerprint density at radius 1 is 1.19 bits per heavy atom. The van der Waals surface area contributed by atoms with E-state index in [9.17, 15) is 13.2 Å². The van der Waals surface area contributed by atoms with E-state index in [0.717, 1.165) is 25.9 Å². The smallest absolute Gasteiger partial charge is 0.240 e. The Hall–Kier alpha value is -1.40. The predicted octanol–water partition coefficient (Wildman–Crippen LogP) is 1.68. The third-order valence-corrected chi connectivity index (χ3v) is 5.34. The minimum atomic E-state index is -3.54. The number of rotatable bonds is 5. The number of sulfonamides is 1. The van der Waals surface area contributed by atoms with E-state index in [2.05, 4.69) is 4.72 Å². The van der Waals surface area contributed by atoms with Gasteiger partial charge in [-0.05, 0) is 37.8 Å². The first kappa shape index (κ1) is 16.0. The van der Waals surface area contributed by atoms with Crippen molar-refractivity contribution in [1.29, 1.82) is 0 Å². The number of carbonyl (C=O) groups is 1. The number of hydrogen-bond acceptors (Lipinski definition) is 3. The van der Waals surface area contributed by atoms with Crippen molar-refractivity contribution in [1.82, 2.24) is 9.62 Å². The van der Waals surface area contributed by atoms with Crippen LogP contribution in [0, 0.1) is 6.92 Å². The van der Waals surface area contributed by atoms with Crippen molar-refractivity contribution < 1.29 is 13.2 Å². The molecule has 1 aliphatic heterocycles. The molecule has 0 radical (unpaired) electrons. The molecule has 1 N–H and O–H groups in total. The fourth-order valence-electron chi connectivity index (χ4n) is 2.53. The monoisotopic (exact) mass is 310 g/mol. The zero-order valence-electron chi connectivity index (χ0n) is 12.3. The molecule has 1 amide bonds. The average Bonchev–Trinajstić information content (AvgIpc) is 2.48. The molecule has 1 aromatic rings. The Kier molecular flexibility index (Phi) is 5.36. The zero-order valence-corrected chi connectivity index (χ0v) is 13.2. The summed E-state index contributed by atoms with van der Waals surface area (Å²) in [7, 11) is -3.54. The fourth-order valence-corrected chi connectivity index (χ4v) is 3.81. The van der Waals surface area contributed by atoms with Crippen LogP contribution in [0.25, 0.3) is 0 Å². The van der Waals surface area contributed by atoms with Gasteiger partial charge in [0, 0.05) is 26.1 Å². The molecule has 5 nitrogen and oxygen atoms in total. The van der Waals surface area contributed by atoms with Crippen LogP contribution >= 0.6 is 0 Å². The summed E-state index contributed by atoms with van der Waals surface area (Å²) < 4.78 is 26.9. The first-order valence-electron chi connectivity index (χ1n) is 7.34. The highest BCUT2D eigenvalue weighted by atomic mass is 32.2. The van der Waals surface area contributed by atoms with E-state index in [1.807, 2.05) is 4.90 Å². The average molecular weight is 310 g/mol. The Morgan fingerprint density at radius 3 is 2.52 bits per heavy atom. The second kappa shape index (κ2) is 7.04. The molecule has 0 spiro atoms. The lowest BCUT2D eigenvalue weighted by molar-refractivity contribution is -0.131. The second-order valence-corrected chi connectivity index (χ2v) is 7.09. The molecule has 1 saturated heterocycles. The van der Waals surface area contributed by atoms with E-state index in [0.29, 0.717) is 5.56 Å². The van der Waals surface area contributed by atoms with E-state index < -0.39 is 10.0 Å². The first-order valence-corrected chi connectivity index (χ1v) is 8.82. The van der Waals surface area contributed by atoms with Gasteiger partial charge in [0.1, 0.15) is 0 Å². The molecule has 1 fully saturated rings. The van der Waals surface area contributed by atoms with Crippen LogP contribution in [-0.4, -0.2) is 38.9 Å². The van der Waals surface area contributed by atoms with Crippen molar-refractivity contribution in [2.24, 2.45) is 0 Å². The summed E-state index contributed by atoms with van der Waals surface area (Å²) in [6, 6.07) is 6.83. The number of likely N-dealkylation sites (tertiary alicyclic amines) is 1. The van der Waals surface area contributed by atoms with Crippen LogP contribution in [0.5, 0.6) is 0 Å². The van der Waals surface area contributed by atoms with E-state index >= 15 is 0 Å². The van der Waals surface area contributed by atoms with Gasteiger partial charge in [0.05, 0.1) is 4.90 Å². The number of hydrogen-bond donors (Lipinski definition) is 1. The number of amides is 1. The lowest BCUT2D eigenvalue weighted by Gasteiger charge is -2.26. The first-order chi connectivity index (χ1) is 10.0. The molecule has 1 aliphatic rings. The molecule has 1 aromatic carbocycles. The minimum Gasteiger partial charge on any atom is -0.343 e. The number of nitrogens with zero attached hydrogens (tertiary/aromatic N) is 1. The highest BCUT2D eigenvalue weighted by Gasteiger charge is 2.19. The Bertz CT molecular complexity index is 593. The zero-order chi connectivity index (χ0) is 15.3. The molecule has 0 aliphatic carbocycles. The lowest BCUT2D eigenvalue weighted by atomic mass is 10.1. The summed E-state index contributed by atoms with van der Waals surface area (Å²) in [6.45, 7) is 3.49. The van der Waals surface area contributed by atoms with Crippen molar-refractivity contribution >= 4 is 15.9 Å². The summed E-state index contributed by atoms with van der Waals surface area (Å²) in [5.74, 6) is 0.0298. The van der Waals surface area contributed by atoms with Crippen molar-refractivity contribution in [3.8, 4) is 0 Å². The fraction of sp³-hybridized carbons (Fsp3) is 0.533. The molecule has 2 rings (SSSR count). The SMILES string of the molecule is Cc1ccccc1S(=O)(=O)NCCC(=O)N1CCCCC1. The molecule has 6 heteroatoms. The number of piperidine rings is 1. The highest BCUT2D eigenvalue weighted by molar-refractivity contribution is 7.89. The summed E-state index contributed by atoms with van der Waals surface area (Å²) in [4.78, 5) is 14.1. The Morgan fingerprint density at radius 2 is 1.86 bits per heavy atom.